The number of fused-ring (bicyclic) bond motifs is 1. The molecule has 4 atom stereocenters. The molecule has 1 fully saturated rings. The van der Waals surface area contributed by atoms with Crippen LogP contribution in [0.5, 0.6) is 0 Å². The van der Waals surface area contributed by atoms with E-state index in [0.29, 0.717) is 27.9 Å². The molecule has 0 radical (unpaired) electrons. The largest absolute Gasteiger partial charge is 0.394 e. The van der Waals surface area contributed by atoms with Crippen LogP contribution < -0.4 is 0 Å². The highest BCUT2D eigenvalue weighted by Crippen LogP contribution is 2.39. The third-order valence-corrected chi connectivity index (χ3v) is 7.76. The second-order valence-electron chi connectivity index (χ2n) is 9.41. The van der Waals surface area contributed by atoms with Gasteiger partial charge in [0.05, 0.1) is 34.5 Å². The summed E-state index contributed by atoms with van der Waals surface area (Å²) in [5, 5.41) is 35.2. The number of aliphatic hydroxyl groups is 2. The SMILES string of the molecule is Cc1nc(C2CC(n3cc(-c4cc(F)c(Br)c(F)c4)nn3)C(O)C(CO)O2)n(-c2cc(Cl)cc3cccnc23)n1. The minimum atomic E-state index is -1.17. The Morgan fingerprint density at radius 1 is 1.20 bits per heavy atom. The molecule has 4 unspecified atom stereocenters. The van der Waals surface area contributed by atoms with E-state index in [1.165, 1.54) is 10.9 Å². The minimum Gasteiger partial charge on any atom is -0.394 e. The number of hydrogen-bond acceptors (Lipinski definition) is 8. The van der Waals surface area contributed by atoms with Crippen molar-refractivity contribution in [1.29, 1.82) is 0 Å². The molecule has 3 aromatic heterocycles. The lowest BCUT2D eigenvalue weighted by molar-refractivity contribution is -0.161. The van der Waals surface area contributed by atoms with Crippen molar-refractivity contribution < 1.29 is 23.7 Å². The summed E-state index contributed by atoms with van der Waals surface area (Å²) >= 11 is 9.27. The van der Waals surface area contributed by atoms with E-state index < -0.39 is 42.6 Å². The summed E-state index contributed by atoms with van der Waals surface area (Å²) in [4.78, 5) is 9.11. The summed E-state index contributed by atoms with van der Waals surface area (Å²) < 4.78 is 37.1. The molecular formula is C26H21BrClF2N7O3. The molecule has 0 spiro atoms. The molecule has 1 aliphatic heterocycles. The van der Waals surface area contributed by atoms with E-state index >= 15 is 0 Å². The summed E-state index contributed by atoms with van der Waals surface area (Å²) in [5.41, 5.74) is 1.63. The third kappa shape index (κ3) is 4.77. The Kier molecular flexibility index (Phi) is 7.09. The molecule has 5 aromatic rings. The van der Waals surface area contributed by atoms with Crippen LogP contribution in [0.4, 0.5) is 8.78 Å². The monoisotopic (exact) mass is 631 g/mol. The summed E-state index contributed by atoms with van der Waals surface area (Å²) in [6, 6.07) is 8.77. The van der Waals surface area contributed by atoms with Crippen LogP contribution in [0.2, 0.25) is 5.02 Å². The van der Waals surface area contributed by atoms with Gasteiger partial charge in [-0.3, -0.25) is 4.98 Å². The van der Waals surface area contributed by atoms with E-state index in [4.69, 9.17) is 16.3 Å². The number of hydrogen-bond donors (Lipinski definition) is 2. The van der Waals surface area contributed by atoms with Gasteiger partial charge in [0.2, 0.25) is 0 Å². The average molecular weight is 633 g/mol. The van der Waals surface area contributed by atoms with Crippen molar-refractivity contribution in [3.8, 4) is 16.9 Å². The van der Waals surface area contributed by atoms with E-state index in [0.717, 1.165) is 17.5 Å². The molecule has 40 heavy (non-hydrogen) atoms. The number of benzene rings is 2. The highest BCUT2D eigenvalue weighted by atomic mass is 79.9. The third-order valence-electron chi connectivity index (χ3n) is 6.78. The zero-order valence-electron chi connectivity index (χ0n) is 20.8. The Hall–Kier alpha value is -3.36. The molecule has 2 N–H and O–H groups in total. The smallest absolute Gasteiger partial charge is 0.161 e. The maximum absolute atomic E-state index is 14.1. The van der Waals surface area contributed by atoms with Crippen molar-refractivity contribution in [2.24, 2.45) is 0 Å². The van der Waals surface area contributed by atoms with E-state index in [2.05, 4.69) is 41.3 Å². The molecule has 4 heterocycles. The Bertz CT molecular complexity index is 1710. The molecule has 14 heteroatoms. The van der Waals surface area contributed by atoms with Crippen molar-refractivity contribution in [1.82, 2.24) is 34.7 Å². The highest BCUT2D eigenvalue weighted by molar-refractivity contribution is 9.10. The molecule has 0 amide bonds. The predicted molar refractivity (Wildman–Crippen MR) is 144 cm³/mol. The number of halogens is 4. The Morgan fingerprint density at radius 2 is 1.98 bits per heavy atom. The maximum atomic E-state index is 14.1. The average Bonchev–Trinajstić information content (AvgIpc) is 3.58. The number of aryl methyl sites for hydroxylation is 1. The van der Waals surface area contributed by atoms with Crippen LogP contribution in [-0.4, -0.2) is 63.8 Å². The van der Waals surface area contributed by atoms with Crippen LogP contribution in [0.3, 0.4) is 0 Å². The Morgan fingerprint density at radius 3 is 2.73 bits per heavy atom. The fourth-order valence-corrected chi connectivity index (χ4v) is 5.38. The number of ether oxygens (including phenoxy) is 1. The quantitative estimate of drug-likeness (QED) is 0.272. The van der Waals surface area contributed by atoms with Crippen LogP contribution in [-0.2, 0) is 4.74 Å². The van der Waals surface area contributed by atoms with Crippen LogP contribution in [0.25, 0.3) is 27.8 Å². The minimum absolute atomic E-state index is 0.174. The normalized spacial score (nSPS) is 21.3. The Labute approximate surface area is 239 Å². The van der Waals surface area contributed by atoms with E-state index in [1.807, 2.05) is 6.07 Å². The lowest BCUT2D eigenvalue weighted by atomic mass is 9.95. The summed E-state index contributed by atoms with van der Waals surface area (Å²) in [7, 11) is 0. The molecule has 0 bridgehead atoms. The van der Waals surface area contributed by atoms with Gasteiger partial charge < -0.3 is 14.9 Å². The first-order valence-corrected chi connectivity index (χ1v) is 13.4. The van der Waals surface area contributed by atoms with Gasteiger partial charge in [-0.05, 0) is 53.2 Å². The molecule has 0 saturated carbocycles. The van der Waals surface area contributed by atoms with E-state index in [1.54, 1.807) is 36.0 Å². The van der Waals surface area contributed by atoms with Gasteiger partial charge in [-0.25, -0.2) is 23.1 Å². The first-order chi connectivity index (χ1) is 19.2. The van der Waals surface area contributed by atoms with Crippen LogP contribution in [0.15, 0.2) is 53.3 Å². The fourth-order valence-electron chi connectivity index (χ4n) is 4.93. The van der Waals surface area contributed by atoms with Crippen molar-refractivity contribution in [3.63, 3.8) is 0 Å². The molecule has 1 saturated heterocycles. The first-order valence-electron chi connectivity index (χ1n) is 12.2. The lowest BCUT2D eigenvalue weighted by Gasteiger charge is -2.38. The summed E-state index contributed by atoms with van der Waals surface area (Å²) in [6.45, 7) is 1.26. The van der Waals surface area contributed by atoms with Crippen molar-refractivity contribution in [2.75, 3.05) is 6.61 Å². The summed E-state index contributed by atoms with van der Waals surface area (Å²) in [5.74, 6) is -0.685. The van der Waals surface area contributed by atoms with Crippen molar-refractivity contribution >= 4 is 38.4 Å². The first kappa shape index (κ1) is 26.8. The molecule has 206 valence electrons. The van der Waals surface area contributed by atoms with Gasteiger partial charge in [-0.1, -0.05) is 22.9 Å². The fraction of sp³-hybridized carbons (Fsp3) is 0.269. The van der Waals surface area contributed by atoms with Crippen LogP contribution >= 0.6 is 27.5 Å². The topological polar surface area (TPSA) is 124 Å². The zero-order valence-corrected chi connectivity index (χ0v) is 23.1. The van der Waals surface area contributed by atoms with Gasteiger partial charge >= 0.3 is 0 Å². The zero-order chi connectivity index (χ0) is 28.1. The highest BCUT2D eigenvalue weighted by Gasteiger charge is 2.42. The molecule has 6 rings (SSSR count). The van der Waals surface area contributed by atoms with Crippen LogP contribution in [0.1, 0.15) is 30.2 Å². The van der Waals surface area contributed by atoms with Crippen molar-refractivity contribution in [3.05, 3.63) is 81.6 Å². The standard InChI is InChI=1S/C26H21BrClF2N7O3/c1-12-32-26(37(34-12)19-8-15(28)5-13-3-2-4-31-24(13)19)21-9-20(25(39)22(11-38)40-21)36-10-18(33-35-36)14-6-16(29)23(27)17(30)7-14/h2-8,10,20-22,25,38-39H,9,11H2,1H3. The van der Waals surface area contributed by atoms with Gasteiger partial charge in [-0.15, -0.1) is 5.10 Å². The van der Waals surface area contributed by atoms with Crippen LogP contribution in [0, 0.1) is 18.6 Å². The van der Waals surface area contributed by atoms with Gasteiger partial charge in [0.1, 0.15) is 41.5 Å². The van der Waals surface area contributed by atoms with Crippen molar-refractivity contribution in [2.45, 2.75) is 37.7 Å². The number of nitrogens with zero attached hydrogens (tertiary/aromatic N) is 7. The van der Waals surface area contributed by atoms with E-state index in [9.17, 15) is 19.0 Å². The van der Waals surface area contributed by atoms with Gasteiger partial charge in [0.25, 0.3) is 0 Å². The number of aliphatic hydroxyl groups excluding tert-OH is 2. The number of pyridine rings is 1. The maximum Gasteiger partial charge on any atom is 0.161 e. The van der Waals surface area contributed by atoms with Gasteiger partial charge in [0.15, 0.2) is 5.82 Å². The number of rotatable bonds is 5. The summed E-state index contributed by atoms with van der Waals surface area (Å²) in [6.07, 6.45) is 0.434. The number of aromatic nitrogens is 7. The second-order valence-corrected chi connectivity index (χ2v) is 10.6. The molecule has 0 aliphatic carbocycles. The molecule has 2 aromatic carbocycles. The van der Waals surface area contributed by atoms with Gasteiger partial charge in [-0.2, -0.15) is 5.10 Å². The molecular weight excluding hydrogens is 612 g/mol. The second kappa shape index (κ2) is 10.6. The molecule has 1 aliphatic rings. The van der Waals surface area contributed by atoms with E-state index in [-0.39, 0.29) is 22.2 Å². The lowest BCUT2D eigenvalue weighted by Crippen LogP contribution is -2.45. The Balaban J connectivity index is 1.39. The van der Waals surface area contributed by atoms with Gasteiger partial charge in [0, 0.05) is 28.6 Å². The molecule has 10 nitrogen and oxygen atoms in total. The predicted octanol–water partition coefficient (Wildman–Crippen LogP) is 4.50.